The molecule has 2 aromatic carbocycles. The summed E-state index contributed by atoms with van der Waals surface area (Å²) in [6.07, 6.45) is 1.61. The molecule has 2 aromatic heterocycles. The second-order valence-electron chi connectivity index (χ2n) is 6.64. The van der Waals surface area contributed by atoms with Crippen molar-refractivity contribution in [2.24, 2.45) is 0 Å². The minimum Gasteiger partial charge on any atom is -0.497 e. The zero-order valence-corrected chi connectivity index (χ0v) is 17.2. The van der Waals surface area contributed by atoms with Gasteiger partial charge in [0.2, 0.25) is 0 Å². The van der Waals surface area contributed by atoms with Crippen LogP contribution in [0.5, 0.6) is 5.75 Å². The summed E-state index contributed by atoms with van der Waals surface area (Å²) in [6, 6.07) is 15.2. The molecule has 0 aliphatic heterocycles. The number of benzene rings is 2. The molecule has 0 saturated carbocycles. The molecule has 4 rings (SSSR count). The summed E-state index contributed by atoms with van der Waals surface area (Å²) in [5, 5.41) is 9.21. The van der Waals surface area contributed by atoms with Gasteiger partial charge >= 0.3 is 0 Å². The van der Waals surface area contributed by atoms with Crippen LogP contribution in [-0.4, -0.2) is 21.9 Å². The highest BCUT2D eigenvalue weighted by atomic mass is 32.2. The Morgan fingerprint density at radius 1 is 1.07 bits per heavy atom. The van der Waals surface area contributed by atoms with Crippen molar-refractivity contribution in [3.8, 4) is 17.1 Å². The molecule has 0 aliphatic rings. The normalized spacial score (nSPS) is 12.1. The number of thioether (sulfide) groups is 1. The number of rotatable bonds is 7. The molecule has 0 spiro atoms. The summed E-state index contributed by atoms with van der Waals surface area (Å²) < 4.78 is 39.7. The van der Waals surface area contributed by atoms with E-state index in [1.165, 1.54) is 17.8 Å². The predicted octanol–water partition coefficient (Wildman–Crippen LogP) is 5.73. The Kier molecular flexibility index (Phi) is 5.85. The molecule has 8 heteroatoms. The lowest BCUT2D eigenvalue weighted by molar-refractivity contribution is 0.415. The lowest BCUT2D eigenvalue weighted by Gasteiger charge is -2.14. The highest BCUT2D eigenvalue weighted by Crippen LogP contribution is 2.36. The highest BCUT2D eigenvalue weighted by Gasteiger charge is 2.20. The molecule has 5 nitrogen and oxygen atoms in total. The molecule has 154 valence electrons. The van der Waals surface area contributed by atoms with Crippen LogP contribution in [0.3, 0.4) is 0 Å². The van der Waals surface area contributed by atoms with Crippen LogP contribution >= 0.6 is 11.8 Å². The van der Waals surface area contributed by atoms with Crippen molar-refractivity contribution in [2.75, 3.05) is 7.11 Å². The Balaban J connectivity index is 1.70. The highest BCUT2D eigenvalue weighted by molar-refractivity contribution is 7.99. The lowest BCUT2D eigenvalue weighted by atomic mass is 10.1. The van der Waals surface area contributed by atoms with Crippen LogP contribution < -0.4 is 4.74 Å². The average Bonchev–Trinajstić information content (AvgIpc) is 3.41. The number of methoxy groups -OCH3 is 1. The van der Waals surface area contributed by atoms with Gasteiger partial charge < -0.3 is 9.15 Å². The van der Waals surface area contributed by atoms with E-state index in [1.54, 1.807) is 19.4 Å². The van der Waals surface area contributed by atoms with E-state index >= 15 is 0 Å². The fourth-order valence-corrected chi connectivity index (χ4v) is 4.01. The molecule has 0 N–H and O–H groups in total. The number of hydrogen-bond donors (Lipinski definition) is 0. The summed E-state index contributed by atoms with van der Waals surface area (Å²) in [5.41, 5.74) is 1.51. The van der Waals surface area contributed by atoms with Crippen molar-refractivity contribution < 1.29 is 17.9 Å². The van der Waals surface area contributed by atoms with Gasteiger partial charge in [-0.2, -0.15) is 0 Å². The van der Waals surface area contributed by atoms with E-state index in [2.05, 4.69) is 10.2 Å². The Morgan fingerprint density at radius 2 is 1.93 bits per heavy atom. The first-order valence-electron chi connectivity index (χ1n) is 9.26. The summed E-state index contributed by atoms with van der Waals surface area (Å²) >= 11 is 1.41. The first-order valence-corrected chi connectivity index (χ1v) is 10.1. The summed E-state index contributed by atoms with van der Waals surface area (Å²) in [6.45, 7) is 2.34. The van der Waals surface area contributed by atoms with Crippen molar-refractivity contribution in [3.05, 3.63) is 83.8 Å². The molecule has 1 atom stereocenters. The van der Waals surface area contributed by atoms with E-state index in [0.29, 0.717) is 28.8 Å². The van der Waals surface area contributed by atoms with Gasteiger partial charge in [-0.1, -0.05) is 30.0 Å². The second-order valence-corrected chi connectivity index (χ2v) is 7.95. The smallest absolute Gasteiger partial charge is 0.192 e. The van der Waals surface area contributed by atoms with Crippen LogP contribution in [0.1, 0.15) is 23.5 Å². The quantitative estimate of drug-likeness (QED) is 0.353. The number of ether oxygens (including phenoxy) is 1. The number of furan rings is 1. The molecule has 4 aromatic rings. The summed E-state index contributed by atoms with van der Waals surface area (Å²) in [4.78, 5) is 0. The SMILES string of the molecule is COc1cccc(-c2nnc(SC(C)c3ccc(F)c(F)c3)n2Cc2ccco2)c1. The fourth-order valence-electron chi connectivity index (χ4n) is 3.04. The first-order chi connectivity index (χ1) is 14.5. The lowest BCUT2D eigenvalue weighted by Crippen LogP contribution is -2.04. The molecule has 1 unspecified atom stereocenters. The molecule has 30 heavy (non-hydrogen) atoms. The molecule has 0 aliphatic carbocycles. The van der Waals surface area contributed by atoms with Gasteiger partial charge in [-0.05, 0) is 48.9 Å². The maximum absolute atomic E-state index is 13.7. The van der Waals surface area contributed by atoms with Gasteiger partial charge in [-0.15, -0.1) is 10.2 Å². The zero-order valence-electron chi connectivity index (χ0n) is 16.4. The minimum absolute atomic E-state index is 0.169. The third-order valence-corrected chi connectivity index (χ3v) is 5.77. The van der Waals surface area contributed by atoms with Gasteiger partial charge in [0.05, 0.1) is 19.9 Å². The topological polar surface area (TPSA) is 53.1 Å². The van der Waals surface area contributed by atoms with E-state index in [9.17, 15) is 8.78 Å². The Labute approximate surface area is 176 Å². The van der Waals surface area contributed by atoms with Gasteiger partial charge in [0.15, 0.2) is 22.6 Å². The molecule has 0 saturated heterocycles. The average molecular weight is 427 g/mol. The van der Waals surface area contributed by atoms with E-state index in [0.717, 1.165) is 17.4 Å². The Hall–Kier alpha value is -3.13. The van der Waals surface area contributed by atoms with Crippen LogP contribution in [0.4, 0.5) is 8.78 Å². The first kappa shape index (κ1) is 20.2. The standard InChI is InChI=1S/C22H19F2N3O2S/c1-14(15-8-9-19(23)20(24)12-15)30-22-26-25-21(16-5-3-6-17(11-16)28-2)27(22)13-18-7-4-10-29-18/h3-12,14H,13H2,1-2H3. The van der Waals surface area contributed by atoms with Crippen LogP contribution in [0.25, 0.3) is 11.4 Å². The van der Waals surface area contributed by atoms with Crippen LogP contribution in [0, 0.1) is 11.6 Å². The second kappa shape index (κ2) is 8.71. The van der Waals surface area contributed by atoms with E-state index < -0.39 is 11.6 Å². The molecule has 0 amide bonds. The molecule has 2 heterocycles. The third kappa shape index (κ3) is 4.23. The van der Waals surface area contributed by atoms with Crippen molar-refractivity contribution in [3.63, 3.8) is 0 Å². The molecular formula is C22H19F2N3O2S. The maximum Gasteiger partial charge on any atom is 0.192 e. The maximum atomic E-state index is 13.7. The van der Waals surface area contributed by atoms with Crippen molar-refractivity contribution in [2.45, 2.75) is 23.9 Å². The number of nitrogens with zero attached hydrogens (tertiary/aromatic N) is 3. The van der Waals surface area contributed by atoms with Gasteiger partial charge in [-0.3, -0.25) is 4.57 Å². The summed E-state index contributed by atoms with van der Waals surface area (Å²) in [7, 11) is 1.61. The summed E-state index contributed by atoms with van der Waals surface area (Å²) in [5.74, 6) is 0.391. The zero-order chi connectivity index (χ0) is 21.1. The third-order valence-electron chi connectivity index (χ3n) is 4.63. The van der Waals surface area contributed by atoms with Crippen LogP contribution in [-0.2, 0) is 6.54 Å². The largest absolute Gasteiger partial charge is 0.497 e. The van der Waals surface area contributed by atoms with Gasteiger partial charge in [0.25, 0.3) is 0 Å². The monoisotopic (exact) mass is 427 g/mol. The Bertz CT molecular complexity index is 1150. The molecule has 0 bridgehead atoms. The molecular weight excluding hydrogens is 408 g/mol. The van der Waals surface area contributed by atoms with E-state index in [-0.39, 0.29) is 5.25 Å². The van der Waals surface area contributed by atoms with Crippen molar-refractivity contribution in [1.29, 1.82) is 0 Å². The number of aromatic nitrogens is 3. The van der Waals surface area contributed by atoms with Crippen LogP contribution in [0.15, 0.2) is 70.4 Å². The molecule has 0 fully saturated rings. The molecule has 0 radical (unpaired) electrons. The van der Waals surface area contributed by atoms with Crippen molar-refractivity contribution in [1.82, 2.24) is 14.8 Å². The van der Waals surface area contributed by atoms with E-state index in [1.807, 2.05) is 47.9 Å². The minimum atomic E-state index is -0.867. The Morgan fingerprint density at radius 3 is 2.67 bits per heavy atom. The van der Waals surface area contributed by atoms with Crippen molar-refractivity contribution >= 4 is 11.8 Å². The van der Waals surface area contributed by atoms with Crippen LogP contribution in [0.2, 0.25) is 0 Å². The fraction of sp³-hybridized carbons (Fsp3) is 0.182. The number of halogens is 2. The van der Waals surface area contributed by atoms with Gasteiger partial charge in [-0.25, -0.2) is 8.78 Å². The number of hydrogen-bond acceptors (Lipinski definition) is 5. The van der Waals surface area contributed by atoms with Gasteiger partial charge in [0, 0.05) is 10.8 Å². The predicted molar refractivity (Wildman–Crippen MR) is 110 cm³/mol. The van der Waals surface area contributed by atoms with Gasteiger partial charge in [0.1, 0.15) is 11.5 Å². The van der Waals surface area contributed by atoms with E-state index in [4.69, 9.17) is 9.15 Å².